The zero-order valence-corrected chi connectivity index (χ0v) is 17.1. The fraction of sp³-hybridized carbons (Fsp3) is 0.350. The van der Waals surface area contributed by atoms with Gasteiger partial charge in [0.25, 0.3) is 5.91 Å². The number of nitrogens with zero attached hydrogens (tertiary/aromatic N) is 1. The molecule has 28 heavy (non-hydrogen) atoms. The topological polar surface area (TPSA) is 38.8 Å². The Morgan fingerprint density at radius 2 is 1.86 bits per heavy atom. The van der Waals surface area contributed by atoms with Gasteiger partial charge in [-0.05, 0) is 29.8 Å². The Labute approximate surface area is 174 Å². The number of ether oxygens (including phenoxy) is 2. The second-order valence-corrected chi connectivity index (χ2v) is 7.19. The van der Waals surface area contributed by atoms with Crippen LogP contribution in [0.15, 0.2) is 48.5 Å². The number of hydrogen-bond acceptors (Lipinski definition) is 3. The maximum absolute atomic E-state index is 13.1. The van der Waals surface area contributed by atoms with Crippen LogP contribution in [0.2, 0.25) is 0 Å². The van der Waals surface area contributed by atoms with E-state index in [0.717, 1.165) is 16.1 Å². The van der Waals surface area contributed by atoms with E-state index in [2.05, 4.69) is 22.6 Å². The number of amides is 1. The van der Waals surface area contributed by atoms with E-state index >= 15 is 0 Å². The van der Waals surface area contributed by atoms with Gasteiger partial charge in [0.15, 0.2) is 6.61 Å². The first kappa shape index (κ1) is 20.8. The van der Waals surface area contributed by atoms with Crippen molar-refractivity contribution in [3.63, 3.8) is 0 Å². The summed E-state index contributed by atoms with van der Waals surface area (Å²) < 4.78 is 51.2. The molecular weight excluding hydrogens is 486 g/mol. The number of rotatable bonds is 6. The van der Waals surface area contributed by atoms with Crippen molar-refractivity contribution in [2.45, 2.75) is 23.1 Å². The van der Waals surface area contributed by atoms with Crippen LogP contribution in [0.5, 0.6) is 11.5 Å². The molecule has 0 aliphatic carbocycles. The van der Waals surface area contributed by atoms with Gasteiger partial charge >= 0.3 is 6.18 Å². The Morgan fingerprint density at radius 3 is 2.54 bits per heavy atom. The monoisotopic (exact) mass is 505 g/mol. The zero-order chi connectivity index (χ0) is 20.1. The molecule has 0 saturated carbocycles. The number of carbonyl (C=O) groups excluding carboxylic acids is 1. The molecule has 1 fully saturated rings. The van der Waals surface area contributed by atoms with Crippen LogP contribution in [0.4, 0.5) is 13.2 Å². The van der Waals surface area contributed by atoms with E-state index in [9.17, 15) is 18.0 Å². The Hall–Kier alpha value is -1.97. The highest BCUT2D eigenvalue weighted by atomic mass is 127. The van der Waals surface area contributed by atoms with Crippen LogP contribution >= 0.6 is 22.6 Å². The summed E-state index contributed by atoms with van der Waals surface area (Å²) in [6.07, 6.45) is -4.48. The molecule has 4 nitrogen and oxygen atoms in total. The van der Waals surface area contributed by atoms with Gasteiger partial charge in [0.05, 0.1) is 12.1 Å². The van der Waals surface area contributed by atoms with Crippen LogP contribution in [0.25, 0.3) is 0 Å². The van der Waals surface area contributed by atoms with Gasteiger partial charge in [0.1, 0.15) is 17.6 Å². The van der Waals surface area contributed by atoms with Gasteiger partial charge in [0, 0.05) is 17.4 Å². The minimum Gasteiger partial charge on any atom is -0.488 e. The summed E-state index contributed by atoms with van der Waals surface area (Å²) in [5, 5.41) is 0. The molecule has 0 unspecified atom stereocenters. The molecule has 2 aromatic carbocycles. The predicted molar refractivity (Wildman–Crippen MR) is 107 cm³/mol. The van der Waals surface area contributed by atoms with Gasteiger partial charge in [-0.2, -0.15) is 13.2 Å². The van der Waals surface area contributed by atoms with Crippen molar-refractivity contribution in [1.82, 2.24) is 4.90 Å². The maximum atomic E-state index is 13.1. The fourth-order valence-corrected chi connectivity index (χ4v) is 3.45. The van der Waals surface area contributed by atoms with E-state index in [1.165, 1.54) is 18.2 Å². The standard InChI is InChI=1S/C20H19F3INO3/c21-20(22,23)17-3-1-2-4-18(17)28-16-9-10-25(12-16)19(26)13-27-15-7-5-14(11-24)6-8-15/h1-8,16H,9-13H2/t16-/m1/s1. The summed E-state index contributed by atoms with van der Waals surface area (Å²) in [6.45, 7) is 0.548. The number of benzene rings is 2. The Kier molecular flexibility index (Phi) is 6.69. The van der Waals surface area contributed by atoms with Crippen molar-refractivity contribution in [2.24, 2.45) is 0 Å². The summed E-state index contributed by atoms with van der Waals surface area (Å²) in [5.74, 6) is 0.183. The SMILES string of the molecule is O=C(COc1ccc(CI)cc1)N1CC[C@@H](Oc2ccccc2C(F)(F)F)C1. The molecule has 0 N–H and O–H groups in total. The molecule has 1 heterocycles. The number of para-hydroxylation sites is 1. The highest BCUT2D eigenvalue weighted by Crippen LogP contribution is 2.36. The summed E-state index contributed by atoms with van der Waals surface area (Å²) in [4.78, 5) is 13.9. The Bertz CT molecular complexity index is 811. The van der Waals surface area contributed by atoms with Gasteiger partial charge in [-0.15, -0.1) is 0 Å². The first-order chi connectivity index (χ1) is 13.4. The lowest BCUT2D eigenvalue weighted by Gasteiger charge is -2.19. The average Bonchev–Trinajstić information content (AvgIpc) is 3.14. The third-order valence-electron chi connectivity index (χ3n) is 4.42. The first-order valence-corrected chi connectivity index (χ1v) is 10.3. The van der Waals surface area contributed by atoms with Crippen molar-refractivity contribution in [2.75, 3.05) is 19.7 Å². The third kappa shape index (κ3) is 5.30. The highest BCUT2D eigenvalue weighted by molar-refractivity contribution is 14.1. The van der Waals surface area contributed by atoms with E-state index in [1.807, 2.05) is 24.3 Å². The quantitative estimate of drug-likeness (QED) is 0.422. The molecule has 1 atom stereocenters. The first-order valence-electron chi connectivity index (χ1n) is 8.75. The maximum Gasteiger partial charge on any atom is 0.419 e. The van der Waals surface area contributed by atoms with E-state index in [1.54, 1.807) is 4.90 Å². The molecule has 3 rings (SSSR count). The molecule has 0 radical (unpaired) electrons. The number of hydrogen-bond donors (Lipinski definition) is 0. The second-order valence-electron chi connectivity index (χ2n) is 6.43. The van der Waals surface area contributed by atoms with Crippen LogP contribution < -0.4 is 9.47 Å². The summed E-state index contributed by atoms with van der Waals surface area (Å²) in [6, 6.07) is 12.6. The number of carbonyl (C=O) groups is 1. The van der Waals surface area contributed by atoms with Gasteiger partial charge < -0.3 is 14.4 Å². The van der Waals surface area contributed by atoms with Gasteiger partial charge in [-0.3, -0.25) is 4.79 Å². The van der Waals surface area contributed by atoms with Gasteiger partial charge in [-0.25, -0.2) is 0 Å². The summed E-state index contributed by atoms with van der Waals surface area (Å²) in [5.41, 5.74) is 0.357. The Balaban J connectivity index is 1.53. The van der Waals surface area contributed by atoms with E-state index in [4.69, 9.17) is 9.47 Å². The van der Waals surface area contributed by atoms with Crippen molar-refractivity contribution in [1.29, 1.82) is 0 Å². The molecule has 1 aliphatic rings. The average molecular weight is 505 g/mol. The lowest BCUT2D eigenvalue weighted by Crippen LogP contribution is -2.34. The highest BCUT2D eigenvalue weighted by Gasteiger charge is 2.36. The molecule has 0 aromatic heterocycles. The minimum absolute atomic E-state index is 0.116. The smallest absolute Gasteiger partial charge is 0.419 e. The molecule has 0 bridgehead atoms. The Morgan fingerprint density at radius 1 is 1.14 bits per heavy atom. The molecule has 0 spiro atoms. The van der Waals surface area contributed by atoms with Crippen molar-refractivity contribution >= 4 is 28.5 Å². The number of alkyl halides is 4. The van der Waals surface area contributed by atoms with E-state index in [-0.39, 0.29) is 24.8 Å². The largest absolute Gasteiger partial charge is 0.488 e. The molecule has 1 saturated heterocycles. The van der Waals surface area contributed by atoms with Crippen LogP contribution in [0, 0.1) is 0 Å². The number of halogens is 4. The van der Waals surface area contributed by atoms with Crippen LogP contribution in [-0.4, -0.2) is 36.6 Å². The van der Waals surface area contributed by atoms with E-state index in [0.29, 0.717) is 18.7 Å². The molecular formula is C20H19F3INO3. The molecule has 1 amide bonds. The molecule has 8 heteroatoms. The molecule has 2 aromatic rings. The molecule has 1 aliphatic heterocycles. The minimum atomic E-state index is -4.48. The lowest BCUT2D eigenvalue weighted by atomic mass is 10.2. The zero-order valence-electron chi connectivity index (χ0n) is 14.9. The second kappa shape index (κ2) is 9.02. The van der Waals surface area contributed by atoms with Crippen LogP contribution in [-0.2, 0) is 15.4 Å². The van der Waals surface area contributed by atoms with Gasteiger partial charge in [-0.1, -0.05) is 46.9 Å². The normalized spacial score (nSPS) is 16.9. The fourth-order valence-electron chi connectivity index (χ4n) is 2.95. The number of likely N-dealkylation sites (tertiary alicyclic amines) is 1. The molecule has 150 valence electrons. The van der Waals surface area contributed by atoms with Crippen LogP contribution in [0.1, 0.15) is 17.5 Å². The predicted octanol–water partition coefficient (Wildman–Crippen LogP) is 4.70. The summed E-state index contributed by atoms with van der Waals surface area (Å²) >= 11 is 2.26. The van der Waals surface area contributed by atoms with Crippen LogP contribution in [0.3, 0.4) is 0 Å². The van der Waals surface area contributed by atoms with Crippen molar-refractivity contribution < 1.29 is 27.4 Å². The van der Waals surface area contributed by atoms with Crippen molar-refractivity contribution in [3.05, 3.63) is 59.7 Å². The van der Waals surface area contributed by atoms with E-state index < -0.39 is 17.8 Å². The third-order valence-corrected chi connectivity index (χ3v) is 5.30. The van der Waals surface area contributed by atoms with Gasteiger partial charge in [0.2, 0.25) is 0 Å². The lowest BCUT2D eigenvalue weighted by molar-refractivity contribution is -0.139. The summed E-state index contributed by atoms with van der Waals surface area (Å²) in [7, 11) is 0. The van der Waals surface area contributed by atoms with Crippen molar-refractivity contribution in [3.8, 4) is 11.5 Å².